The third-order valence-corrected chi connectivity index (χ3v) is 3.11. The van der Waals surface area contributed by atoms with Crippen molar-refractivity contribution < 1.29 is 4.74 Å². The Hall–Kier alpha value is -0.510. The van der Waals surface area contributed by atoms with E-state index in [2.05, 4.69) is 10.3 Å². The maximum atomic E-state index is 5.98. The number of nitrogens with zero attached hydrogens (tertiary/aromatic N) is 1. The summed E-state index contributed by atoms with van der Waals surface area (Å²) in [6, 6.07) is 1.68. The molecular formula is C12H16Cl2N2O. The first-order valence-corrected chi connectivity index (χ1v) is 6.64. The molecule has 3 nitrogen and oxygen atoms in total. The first-order chi connectivity index (χ1) is 8.25. The van der Waals surface area contributed by atoms with Crippen LogP contribution in [0.15, 0.2) is 12.3 Å². The molecular weight excluding hydrogens is 259 g/mol. The second-order valence-electron chi connectivity index (χ2n) is 4.28. The minimum atomic E-state index is 0.549. The Morgan fingerprint density at radius 2 is 2.24 bits per heavy atom. The predicted molar refractivity (Wildman–Crippen MR) is 70.9 cm³/mol. The first-order valence-electron chi connectivity index (χ1n) is 5.88. The molecule has 0 atom stereocenters. The quantitative estimate of drug-likeness (QED) is 0.772. The van der Waals surface area contributed by atoms with E-state index in [9.17, 15) is 0 Å². The predicted octanol–water partition coefficient (Wildman–Crippen LogP) is 3.62. The van der Waals surface area contributed by atoms with Crippen LogP contribution in [-0.4, -0.2) is 24.7 Å². The molecule has 0 aliphatic heterocycles. The molecule has 17 heavy (non-hydrogen) atoms. The van der Waals surface area contributed by atoms with Crippen LogP contribution in [0.1, 0.15) is 19.3 Å². The van der Waals surface area contributed by atoms with Gasteiger partial charge in [0.05, 0.1) is 10.0 Å². The van der Waals surface area contributed by atoms with E-state index in [1.54, 1.807) is 12.3 Å². The van der Waals surface area contributed by atoms with Gasteiger partial charge in [-0.3, -0.25) is 0 Å². The lowest BCUT2D eigenvalue weighted by Gasteiger charge is -2.07. The fourth-order valence-corrected chi connectivity index (χ4v) is 1.91. The molecule has 1 aromatic rings. The van der Waals surface area contributed by atoms with E-state index in [0.29, 0.717) is 15.9 Å². The number of hydrogen-bond acceptors (Lipinski definition) is 3. The number of halogens is 2. The summed E-state index contributed by atoms with van der Waals surface area (Å²) in [5, 5.41) is 4.26. The van der Waals surface area contributed by atoms with Crippen LogP contribution in [0, 0.1) is 5.92 Å². The summed E-state index contributed by atoms with van der Waals surface area (Å²) in [7, 11) is 0. The molecule has 0 spiro atoms. The molecule has 1 N–H and O–H groups in total. The molecule has 0 bridgehead atoms. The van der Waals surface area contributed by atoms with Gasteiger partial charge >= 0.3 is 0 Å². The summed E-state index contributed by atoms with van der Waals surface area (Å²) in [5.74, 6) is 1.51. The topological polar surface area (TPSA) is 34.2 Å². The van der Waals surface area contributed by atoms with Crippen molar-refractivity contribution in [3.8, 4) is 0 Å². The number of pyridine rings is 1. The van der Waals surface area contributed by atoms with Crippen molar-refractivity contribution in [2.45, 2.75) is 19.3 Å². The molecule has 0 unspecified atom stereocenters. The number of anilines is 1. The van der Waals surface area contributed by atoms with Gasteiger partial charge in [-0.2, -0.15) is 0 Å². The van der Waals surface area contributed by atoms with Crippen molar-refractivity contribution in [2.75, 3.05) is 25.1 Å². The number of ether oxygens (including phenoxy) is 1. The van der Waals surface area contributed by atoms with Crippen LogP contribution in [0.4, 0.5) is 5.82 Å². The Balaban J connectivity index is 1.60. The highest BCUT2D eigenvalue weighted by molar-refractivity contribution is 6.35. The zero-order valence-corrected chi connectivity index (χ0v) is 11.1. The van der Waals surface area contributed by atoms with Crippen LogP contribution >= 0.6 is 23.2 Å². The maximum absolute atomic E-state index is 5.98. The summed E-state index contributed by atoms with van der Waals surface area (Å²) in [4.78, 5) is 4.12. The second-order valence-corrected chi connectivity index (χ2v) is 5.13. The van der Waals surface area contributed by atoms with Crippen molar-refractivity contribution in [3.63, 3.8) is 0 Å². The normalized spacial score (nSPS) is 14.9. The van der Waals surface area contributed by atoms with Crippen LogP contribution in [0.25, 0.3) is 0 Å². The SMILES string of the molecule is Clc1cnc(NCCCOCC2CC2)c(Cl)c1. The molecule has 1 heterocycles. The van der Waals surface area contributed by atoms with Crippen molar-refractivity contribution in [2.24, 2.45) is 5.92 Å². The third-order valence-electron chi connectivity index (χ3n) is 2.62. The van der Waals surface area contributed by atoms with E-state index in [4.69, 9.17) is 27.9 Å². The van der Waals surface area contributed by atoms with E-state index in [1.807, 2.05) is 0 Å². The Morgan fingerprint density at radius 3 is 2.94 bits per heavy atom. The summed E-state index contributed by atoms with van der Waals surface area (Å²) in [5.41, 5.74) is 0. The first kappa shape index (κ1) is 12.9. The third kappa shape index (κ3) is 4.70. The largest absolute Gasteiger partial charge is 0.381 e. The lowest BCUT2D eigenvalue weighted by molar-refractivity contribution is 0.124. The van der Waals surface area contributed by atoms with Crippen LogP contribution in [0.5, 0.6) is 0 Å². The monoisotopic (exact) mass is 274 g/mol. The van der Waals surface area contributed by atoms with E-state index in [-0.39, 0.29) is 0 Å². The summed E-state index contributed by atoms with van der Waals surface area (Å²) < 4.78 is 5.53. The van der Waals surface area contributed by atoms with Gasteiger partial charge in [0.25, 0.3) is 0 Å². The Morgan fingerprint density at radius 1 is 1.41 bits per heavy atom. The Labute approximate surface area is 111 Å². The molecule has 0 amide bonds. The average Bonchev–Trinajstić information content (AvgIpc) is 3.09. The molecule has 1 saturated carbocycles. The van der Waals surface area contributed by atoms with E-state index in [1.165, 1.54) is 12.8 Å². The number of hydrogen-bond donors (Lipinski definition) is 1. The van der Waals surface area contributed by atoms with Crippen LogP contribution in [0.3, 0.4) is 0 Å². The van der Waals surface area contributed by atoms with Crippen molar-refractivity contribution >= 4 is 29.0 Å². The van der Waals surface area contributed by atoms with Gasteiger partial charge in [-0.25, -0.2) is 4.98 Å². The van der Waals surface area contributed by atoms with Gasteiger partial charge in [0, 0.05) is 26.0 Å². The van der Waals surface area contributed by atoms with Gasteiger partial charge < -0.3 is 10.1 Å². The van der Waals surface area contributed by atoms with Gasteiger partial charge in [-0.05, 0) is 31.2 Å². The van der Waals surface area contributed by atoms with Gasteiger partial charge in [-0.1, -0.05) is 23.2 Å². The Kier molecular flexibility index (Phi) is 4.89. The van der Waals surface area contributed by atoms with Crippen LogP contribution in [0.2, 0.25) is 10.0 Å². The number of aromatic nitrogens is 1. The lowest BCUT2D eigenvalue weighted by Crippen LogP contribution is -2.08. The van der Waals surface area contributed by atoms with Crippen LogP contribution < -0.4 is 5.32 Å². The van der Waals surface area contributed by atoms with E-state index in [0.717, 1.165) is 32.1 Å². The summed E-state index contributed by atoms with van der Waals surface area (Å²) in [6.45, 7) is 2.51. The lowest BCUT2D eigenvalue weighted by atomic mass is 10.4. The molecule has 5 heteroatoms. The van der Waals surface area contributed by atoms with Crippen molar-refractivity contribution in [3.05, 3.63) is 22.3 Å². The molecule has 94 valence electrons. The maximum Gasteiger partial charge on any atom is 0.144 e. The molecule has 2 rings (SSSR count). The highest BCUT2D eigenvalue weighted by atomic mass is 35.5. The van der Waals surface area contributed by atoms with Gasteiger partial charge in [-0.15, -0.1) is 0 Å². The second kappa shape index (κ2) is 6.43. The minimum absolute atomic E-state index is 0.549. The molecule has 1 aromatic heterocycles. The Bertz CT molecular complexity index is 370. The van der Waals surface area contributed by atoms with Gasteiger partial charge in [0.1, 0.15) is 5.82 Å². The molecule has 1 aliphatic rings. The highest BCUT2D eigenvalue weighted by Crippen LogP contribution is 2.28. The molecule has 1 fully saturated rings. The van der Waals surface area contributed by atoms with Gasteiger partial charge in [0.2, 0.25) is 0 Å². The average molecular weight is 275 g/mol. The summed E-state index contributed by atoms with van der Waals surface area (Å²) >= 11 is 11.7. The van der Waals surface area contributed by atoms with Gasteiger partial charge in [0.15, 0.2) is 0 Å². The minimum Gasteiger partial charge on any atom is -0.381 e. The number of rotatable bonds is 7. The fraction of sp³-hybridized carbons (Fsp3) is 0.583. The molecule has 0 radical (unpaired) electrons. The number of nitrogens with one attached hydrogen (secondary N) is 1. The zero-order chi connectivity index (χ0) is 12.1. The fourth-order valence-electron chi connectivity index (χ4n) is 1.46. The molecule has 1 aliphatic carbocycles. The van der Waals surface area contributed by atoms with Crippen molar-refractivity contribution in [1.82, 2.24) is 4.98 Å². The smallest absolute Gasteiger partial charge is 0.144 e. The van der Waals surface area contributed by atoms with Crippen molar-refractivity contribution in [1.29, 1.82) is 0 Å². The zero-order valence-electron chi connectivity index (χ0n) is 9.59. The van der Waals surface area contributed by atoms with E-state index >= 15 is 0 Å². The van der Waals surface area contributed by atoms with E-state index < -0.39 is 0 Å². The van der Waals surface area contributed by atoms with Crippen LogP contribution in [-0.2, 0) is 4.74 Å². The standard InChI is InChI=1S/C12H16Cl2N2O/c13-10-6-11(14)12(16-7-10)15-4-1-5-17-8-9-2-3-9/h6-7,9H,1-5,8H2,(H,15,16). The molecule has 0 aromatic carbocycles. The molecule has 0 saturated heterocycles. The summed E-state index contributed by atoms with van der Waals surface area (Å²) in [6.07, 6.45) is 5.21. The highest BCUT2D eigenvalue weighted by Gasteiger charge is 2.20.